The second-order valence-electron chi connectivity index (χ2n) is 7.21. The first-order valence-corrected chi connectivity index (χ1v) is 11.6. The van der Waals surface area contributed by atoms with Crippen molar-refractivity contribution >= 4 is 20.2 Å². The summed E-state index contributed by atoms with van der Waals surface area (Å²) in [6.45, 7) is 0. The Morgan fingerprint density at radius 1 is 0.465 bits per heavy atom. The van der Waals surface area contributed by atoms with Crippen LogP contribution >= 0.6 is 0 Å². The second-order valence-corrected chi connectivity index (χ2v) is 10.1. The fraction of sp³-hybridized carbons (Fsp3) is 0.571. The Labute approximate surface area is 220 Å². The third kappa shape index (κ3) is 6.12. The molecule has 43 heavy (non-hydrogen) atoms. The quantitative estimate of drug-likeness (QED) is 0.140. The van der Waals surface area contributed by atoms with Crippen molar-refractivity contribution in [1.29, 1.82) is 0 Å². The highest BCUT2D eigenvalue weighted by molar-refractivity contribution is 7.87. The fourth-order valence-electron chi connectivity index (χ4n) is 2.05. The van der Waals surface area contributed by atoms with Crippen LogP contribution in [0.5, 0.6) is 0 Å². The van der Waals surface area contributed by atoms with Crippen LogP contribution in [0.4, 0.5) is 92.2 Å². The maximum atomic E-state index is 13.0. The van der Waals surface area contributed by atoms with Crippen LogP contribution in [0.15, 0.2) is 11.0 Å². The molecule has 0 fully saturated rings. The zero-order chi connectivity index (χ0) is 35.6. The molecule has 0 aliphatic heterocycles. The smallest absolute Gasteiger partial charge is 0.282 e. The van der Waals surface area contributed by atoms with Gasteiger partial charge in [0, 0.05) is 6.07 Å². The first-order valence-electron chi connectivity index (χ1n) is 8.74. The Bertz CT molecular complexity index is 1430. The van der Waals surface area contributed by atoms with Gasteiger partial charge in [0.25, 0.3) is 10.1 Å². The summed E-state index contributed by atoms with van der Waals surface area (Å²) in [5.41, 5.74) is 0. The molecule has 1 rings (SSSR count). The van der Waals surface area contributed by atoms with Crippen molar-refractivity contribution < 1.29 is 118 Å². The fourth-order valence-corrected chi connectivity index (χ4v) is 3.07. The third-order valence-electron chi connectivity index (χ3n) is 4.36. The summed E-state index contributed by atoms with van der Waals surface area (Å²) in [5.74, 6) is -60.5. The maximum absolute atomic E-state index is 13.0. The lowest BCUT2D eigenvalue weighted by Gasteiger charge is -2.42. The maximum Gasteiger partial charge on any atom is 0.460 e. The van der Waals surface area contributed by atoms with E-state index in [0.717, 1.165) is 0 Å². The largest absolute Gasteiger partial charge is 0.460 e. The minimum Gasteiger partial charge on any atom is -0.282 e. The van der Waals surface area contributed by atoms with Gasteiger partial charge in [0.2, 0.25) is 0 Å². The van der Waals surface area contributed by atoms with E-state index in [4.69, 9.17) is 9.11 Å². The molecule has 0 saturated heterocycles. The number of halogens is 21. The lowest BCUT2D eigenvalue weighted by molar-refractivity contribution is -0.458. The van der Waals surface area contributed by atoms with Gasteiger partial charge >= 0.3 is 57.1 Å². The van der Waals surface area contributed by atoms with E-state index in [1.165, 1.54) is 0 Å². The van der Waals surface area contributed by atoms with Crippen LogP contribution in [0.3, 0.4) is 0 Å². The van der Waals surface area contributed by atoms with Crippen molar-refractivity contribution in [2.75, 3.05) is 0 Å². The van der Waals surface area contributed by atoms with Gasteiger partial charge in [0.05, 0.1) is 0 Å². The monoisotopic (exact) mass is 730 g/mol. The molecule has 0 spiro atoms. The molecular formula is C14H3F21O6S2. The topological polar surface area (TPSA) is 109 Å². The van der Waals surface area contributed by atoms with E-state index in [-0.39, 0.29) is 6.07 Å². The van der Waals surface area contributed by atoms with Gasteiger partial charge in [-0.25, -0.2) is 17.6 Å². The molecule has 2 N–H and O–H groups in total. The first kappa shape index (κ1) is 40.6. The Morgan fingerprint density at radius 3 is 1.05 bits per heavy atom. The normalized spacial score (nSPS) is 15.2. The summed E-state index contributed by atoms with van der Waals surface area (Å²) in [6.07, 6.45) is -7.88. The van der Waals surface area contributed by atoms with Crippen LogP contribution in [0.25, 0.3) is 0 Å². The molecule has 0 bridgehead atoms. The summed E-state index contributed by atoms with van der Waals surface area (Å²) in [4.78, 5) is -1.64. The van der Waals surface area contributed by atoms with Crippen LogP contribution in [0.2, 0.25) is 0 Å². The van der Waals surface area contributed by atoms with E-state index in [2.05, 4.69) is 0 Å². The lowest BCUT2D eigenvalue weighted by Crippen LogP contribution is -2.74. The molecule has 6 nitrogen and oxygen atoms in total. The minimum atomic E-state index is -8.89. The van der Waals surface area contributed by atoms with Crippen LogP contribution < -0.4 is 0 Å². The summed E-state index contributed by atoms with van der Waals surface area (Å²) in [7, 11) is -13.0. The summed E-state index contributed by atoms with van der Waals surface area (Å²) >= 11 is 0. The molecule has 29 heteroatoms. The van der Waals surface area contributed by atoms with E-state index in [9.17, 15) is 109 Å². The standard InChI is InChI=1S/C8HF17O3S.C6H2F4O3S/c9-1(10,3(13,14)5(17,18)7(21,22)23)2(11,12)4(15,16)6(19,20)8(24,25)29(26,27)28;7-2-1-3(14(11,12)13)5(9)6(10)4(2)8/h(H,26,27,28);1H,(H,11,12,13). The van der Waals surface area contributed by atoms with Crippen molar-refractivity contribution in [3.63, 3.8) is 0 Å². The number of rotatable bonds is 8. The average molecular weight is 730 g/mol. The van der Waals surface area contributed by atoms with Crippen LogP contribution in [-0.2, 0) is 20.2 Å². The van der Waals surface area contributed by atoms with Crippen LogP contribution in [0.1, 0.15) is 0 Å². The molecule has 1 aromatic rings. The molecule has 0 aliphatic rings. The van der Waals surface area contributed by atoms with E-state index >= 15 is 0 Å². The van der Waals surface area contributed by atoms with Gasteiger partial charge in [0.15, 0.2) is 23.3 Å². The van der Waals surface area contributed by atoms with E-state index < -0.39 is 95.4 Å². The van der Waals surface area contributed by atoms with Crippen molar-refractivity contribution in [3.8, 4) is 0 Å². The number of alkyl halides is 17. The van der Waals surface area contributed by atoms with Gasteiger partial charge in [-0.1, -0.05) is 0 Å². The zero-order valence-electron chi connectivity index (χ0n) is 18.4. The molecule has 1 aromatic carbocycles. The van der Waals surface area contributed by atoms with Crippen LogP contribution in [-0.4, -0.2) is 72.9 Å². The SMILES string of the molecule is O=S(=O)(O)C(F)(F)C(F)(F)C(F)(F)C(F)(F)C(F)(F)C(F)(F)C(F)(F)C(F)(F)F.O=S(=O)(O)c1cc(F)c(F)c(F)c1F. The summed E-state index contributed by atoms with van der Waals surface area (Å²) in [6, 6.07) is -0.150. The highest BCUT2D eigenvalue weighted by Crippen LogP contribution is 2.64. The Kier molecular flexibility index (Phi) is 10.3. The first-order chi connectivity index (χ1) is 18.2. The third-order valence-corrected chi connectivity index (χ3v) is 6.12. The minimum absolute atomic E-state index is 0.150. The van der Waals surface area contributed by atoms with Gasteiger partial charge < -0.3 is 0 Å². The van der Waals surface area contributed by atoms with Gasteiger partial charge in [-0.2, -0.15) is 91.5 Å². The average Bonchev–Trinajstić information content (AvgIpc) is 2.77. The molecule has 0 aliphatic carbocycles. The lowest BCUT2D eigenvalue weighted by atomic mass is 9.91. The number of hydrogen-bond acceptors (Lipinski definition) is 4. The van der Waals surface area contributed by atoms with Crippen molar-refractivity contribution in [1.82, 2.24) is 0 Å². The molecule has 0 saturated carbocycles. The highest BCUT2D eigenvalue weighted by atomic mass is 32.2. The molecular weight excluding hydrogens is 727 g/mol. The van der Waals surface area contributed by atoms with Crippen LogP contribution in [0, 0.1) is 23.3 Å². The number of hydrogen-bond donors (Lipinski definition) is 2. The summed E-state index contributed by atoms with van der Waals surface area (Å²) in [5, 5.41) is -7.84. The van der Waals surface area contributed by atoms with Crippen molar-refractivity contribution in [3.05, 3.63) is 29.3 Å². The van der Waals surface area contributed by atoms with Gasteiger partial charge in [-0.3, -0.25) is 9.11 Å². The molecule has 0 atom stereocenters. The molecule has 254 valence electrons. The van der Waals surface area contributed by atoms with Crippen molar-refractivity contribution in [2.45, 2.75) is 51.9 Å². The van der Waals surface area contributed by atoms with Gasteiger partial charge in [0.1, 0.15) is 4.90 Å². The van der Waals surface area contributed by atoms with E-state index in [1.807, 2.05) is 0 Å². The Morgan fingerprint density at radius 2 is 0.767 bits per heavy atom. The molecule has 0 heterocycles. The Hall–Kier alpha value is -2.43. The Balaban J connectivity index is 0.00000104. The van der Waals surface area contributed by atoms with Gasteiger partial charge in [-0.15, -0.1) is 0 Å². The zero-order valence-corrected chi connectivity index (χ0v) is 20.0. The predicted octanol–water partition coefficient (Wildman–Crippen LogP) is 6.33. The highest BCUT2D eigenvalue weighted by Gasteiger charge is 2.96. The molecule has 0 aromatic heterocycles. The number of benzene rings is 1. The molecule has 0 radical (unpaired) electrons. The van der Waals surface area contributed by atoms with E-state index in [0.29, 0.717) is 0 Å². The molecule has 0 amide bonds. The predicted molar refractivity (Wildman–Crippen MR) is 88.3 cm³/mol. The van der Waals surface area contributed by atoms with E-state index in [1.54, 1.807) is 0 Å². The van der Waals surface area contributed by atoms with Crippen molar-refractivity contribution in [2.24, 2.45) is 0 Å². The van der Waals surface area contributed by atoms with Gasteiger partial charge in [-0.05, 0) is 0 Å². The molecule has 0 unspecified atom stereocenters. The summed E-state index contributed by atoms with van der Waals surface area (Å²) < 4.78 is 321. The second kappa shape index (κ2) is 10.9.